The molecule has 0 aliphatic heterocycles. The number of aromatic hydroxyl groups is 1. The van der Waals surface area contributed by atoms with Crippen molar-refractivity contribution in [2.75, 3.05) is 0 Å². The van der Waals surface area contributed by atoms with Crippen molar-refractivity contribution in [3.63, 3.8) is 0 Å². The summed E-state index contributed by atoms with van der Waals surface area (Å²) in [4.78, 5) is 9.85. The predicted molar refractivity (Wildman–Crippen MR) is 46.3 cm³/mol. The lowest BCUT2D eigenvalue weighted by Gasteiger charge is -1.93. The number of phenols is 1. The molecule has 0 saturated heterocycles. The molecule has 62 valence electrons. The molecule has 0 fully saturated rings. The van der Waals surface area contributed by atoms with E-state index in [-0.39, 0.29) is 5.75 Å². The molecule has 0 aliphatic carbocycles. The third-order valence-electron chi connectivity index (χ3n) is 1.31. The molecule has 3 nitrogen and oxygen atoms in total. The van der Waals surface area contributed by atoms with Gasteiger partial charge in [0.2, 0.25) is 6.41 Å². The maximum absolute atomic E-state index is 9.85. The number of nitrogens with one attached hydrogen (secondary N) is 1. The zero-order chi connectivity index (χ0) is 8.81. The van der Waals surface area contributed by atoms with Gasteiger partial charge in [0.05, 0.1) is 0 Å². The van der Waals surface area contributed by atoms with Crippen LogP contribution in [-0.4, -0.2) is 11.5 Å². The second-order valence-corrected chi connectivity index (χ2v) is 2.21. The standard InChI is InChI=1S/C9H9NO2/c11-7-10-5-4-8-2-1-3-9(12)6-8/h1-7,12H,(H,10,11). The van der Waals surface area contributed by atoms with Gasteiger partial charge in [-0.2, -0.15) is 0 Å². The minimum atomic E-state index is 0.211. The van der Waals surface area contributed by atoms with E-state index < -0.39 is 0 Å². The second kappa shape index (κ2) is 4.18. The average molecular weight is 163 g/mol. The Bertz CT molecular complexity index is 294. The van der Waals surface area contributed by atoms with Crippen LogP contribution in [0.1, 0.15) is 5.56 Å². The van der Waals surface area contributed by atoms with Gasteiger partial charge in [0, 0.05) is 6.20 Å². The lowest BCUT2D eigenvalue weighted by Crippen LogP contribution is -1.97. The van der Waals surface area contributed by atoms with Gasteiger partial charge in [-0.05, 0) is 23.8 Å². The molecule has 0 aliphatic rings. The Morgan fingerprint density at radius 3 is 2.92 bits per heavy atom. The molecule has 2 N–H and O–H groups in total. The van der Waals surface area contributed by atoms with Crippen molar-refractivity contribution in [3.05, 3.63) is 36.0 Å². The van der Waals surface area contributed by atoms with E-state index in [2.05, 4.69) is 5.32 Å². The predicted octanol–water partition coefficient (Wildman–Crippen LogP) is 1.11. The molecule has 12 heavy (non-hydrogen) atoms. The van der Waals surface area contributed by atoms with Gasteiger partial charge in [-0.25, -0.2) is 0 Å². The third kappa shape index (κ3) is 2.46. The number of hydrogen-bond acceptors (Lipinski definition) is 2. The van der Waals surface area contributed by atoms with Crippen LogP contribution >= 0.6 is 0 Å². The lowest BCUT2D eigenvalue weighted by atomic mass is 10.2. The largest absolute Gasteiger partial charge is 0.508 e. The van der Waals surface area contributed by atoms with Gasteiger partial charge < -0.3 is 10.4 Å². The molecular formula is C9H9NO2. The normalized spacial score (nSPS) is 10.0. The van der Waals surface area contributed by atoms with Crippen LogP contribution in [0.2, 0.25) is 0 Å². The van der Waals surface area contributed by atoms with Crippen LogP contribution in [0.5, 0.6) is 5.75 Å². The molecule has 1 amide bonds. The SMILES string of the molecule is O=CNC=Cc1cccc(O)c1. The minimum Gasteiger partial charge on any atom is -0.508 e. The number of amides is 1. The Hall–Kier alpha value is -1.77. The van der Waals surface area contributed by atoms with E-state index >= 15 is 0 Å². The van der Waals surface area contributed by atoms with Crippen molar-refractivity contribution in [3.8, 4) is 5.75 Å². The third-order valence-corrected chi connectivity index (χ3v) is 1.31. The highest BCUT2D eigenvalue weighted by Gasteiger charge is 1.87. The van der Waals surface area contributed by atoms with Crippen LogP contribution in [0, 0.1) is 0 Å². The number of carbonyl (C=O) groups excluding carboxylic acids is 1. The van der Waals surface area contributed by atoms with Crippen molar-refractivity contribution in [2.24, 2.45) is 0 Å². The van der Waals surface area contributed by atoms with E-state index in [9.17, 15) is 4.79 Å². The molecule has 0 spiro atoms. The summed E-state index contributed by atoms with van der Waals surface area (Å²) in [5, 5.41) is 11.4. The Morgan fingerprint density at radius 1 is 1.42 bits per heavy atom. The lowest BCUT2D eigenvalue weighted by molar-refractivity contribution is -0.108. The van der Waals surface area contributed by atoms with Crippen molar-refractivity contribution >= 4 is 12.5 Å². The van der Waals surface area contributed by atoms with Crippen LogP contribution in [-0.2, 0) is 4.79 Å². The van der Waals surface area contributed by atoms with Crippen molar-refractivity contribution in [1.29, 1.82) is 0 Å². The molecule has 0 saturated carbocycles. The maximum atomic E-state index is 9.85. The summed E-state index contributed by atoms with van der Waals surface area (Å²) >= 11 is 0. The first-order valence-electron chi connectivity index (χ1n) is 3.48. The molecule has 0 bridgehead atoms. The summed E-state index contributed by atoms with van der Waals surface area (Å²) < 4.78 is 0. The highest BCUT2D eigenvalue weighted by Crippen LogP contribution is 2.11. The van der Waals surface area contributed by atoms with Crippen molar-refractivity contribution in [2.45, 2.75) is 0 Å². The van der Waals surface area contributed by atoms with Gasteiger partial charge in [-0.15, -0.1) is 0 Å². The molecule has 1 aromatic rings. The number of hydrogen-bond donors (Lipinski definition) is 2. The van der Waals surface area contributed by atoms with E-state index in [0.29, 0.717) is 6.41 Å². The molecule has 1 rings (SSSR count). The monoisotopic (exact) mass is 163 g/mol. The highest BCUT2D eigenvalue weighted by molar-refractivity contribution is 5.56. The number of rotatable bonds is 3. The summed E-state index contributed by atoms with van der Waals surface area (Å²) in [6.07, 6.45) is 3.77. The van der Waals surface area contributed by atoms with Gasteiger partial charge in [-0.1, -0.05) is 12.1 Å². The van der Waals surface area contributed by atoms with Crippen LogP contribution in [0.25, 0.3) is 6.08 Å². The summed E-state index contributed by atoms with van der Waals surface area (Å²) in [7, 11) is 0. The summed E-state index contributed by atoms with van der Waals surface area (Å²) in [6.45, 7) is 0. The van der Waals surface area contributed by atoms with E-state index in [0.717, 1.165) is 5.56 Å². The van der Waals surface area contributed by atoms with Gasteiger partial charge in [-0.3, -0.25) is 4.79 Å². The van der Waals surface area contributed by atoms with Crippen LogP contribution in [0.3, 0.4) is 0 Å². The first-order chi connectivity index (χ1) is 5.83. The molecule has 0 atom stereocenters. The average Bonchev–Trinajstić information content (AvgIpc) is 2.05. The summed E-state index contributed by atoms with van der Waals surface area (Å²) in [5.41, 5.74) is 0.837. The number of phenolic OH excluding ortho intramolecular Hbond substituents is 1. The quantitative estimate of drug-likeness (QED) is 0.656. The molecule has 0 aromatic heterocycles. The first kappa shape index (κ1) is 8.33. The molecular weight excluding hydrogens is 154 g/mol. The van der Waals surface area contributed by atoms with Crippen LogP contribution in [0.15, 0.2) is 30.5 Å². The zero-order valence-electron chi connectivity index (χ0n) is 6.40. The summed E-state index contributed by atoms with van der Waals surface area (Å²) in [5.74, 6) is 0.211. The van der Waals surface area contributed by atoms with E-state index in [1.54, 1.807) is 24.3 Å². The van der Waals surface area contributed by atoms with Gasteiger partial charge >= 0.3 is 0 Å². The smallest absolute Gasteiger partial charge is 0.211 e. The van der Waals surface area contributed by atoms with Gasteiger partial charge in [0.15, 0.2) is 0 Å². The first-order valence-corrected chi connectivity index (χ1v) is 3.48. The van der Waals surface area contributed by atoms with E-state index in [4.69, 9.17) is 5.11 Å². The maximum Gasteiger partial charge on any atom is 0.211 e. The summed E-state index contributed by atoms with van der Waals surface area (Å²) in [6, 6.07) is 6.74. The van der Waals surface area contributed by atoms with Gasteiger partial charge in [0.1, 0.15) is 5.75 Å². The van der Waals surface area contributed by atoms with Gasteiger partial charge in [0.25, 0.3) is 0 Å². The topological polar surface area (TPSA) is 49.3 Å². The molecule has 0 radical (unpaired) electrons. The van der Waals surface area contributed by atoms with E-state index in [1.165, 1.54) is 6.20 Å². The number of carbonyl (C=O) groups is 1. The Labute approximate surface area is 70.3 Å². The van der Waals surface area contributed by atoms with Crippen molar-refractivity contribution in [1.82, 2.24) is 5.32 Å². The molecule has 3 heteroatoms. The van der Waals surface area contributed by atoms with E-state index in [1.807, 2.05) is 6.07 Å². The second-order valence-electron chi connectivity index (χ2n) is 2.21. The molecule has 0 unspecified atom stereocenters. The Morgan fingerprint density at radius 2 is 2.25 bits per heavy atom. The Balaban J connectivity index is 2.69. The Kier molecular flexibility index (Phi) is 2.90. The fourth-order valence-electron chi connectivity index (χ4n) is 0.812. The highest BCUT2D eigenvalue weighted by atomic mass is 16.3. The zero-order valence-corrected chi connectivity index (χ0v) is 6.40. The molecule has 1 aromatic carbocycles. The van der Waals surface area contributed by atoms with Crippen LogP contribution in [0.4, 0.5) is 0 Å². The fraction of sp³-hybridized carbons (Fsp3) is 0. The number of benzene rings is 1. The molecule has 0 heterocycles. The fourth-order valence-corrected chi connectivity index (χ4v) is 0.812. The minimum absolute atomic E-state index is 0.211. The van der Waals surface area contributed by atoms with Crippen LogP contribution < -0.4 is 5.32 Å². The van der Waals surface area contributed by atoms with Crippen molar-refractivity contribution < 1.29 is 9.90 Å².